The molecule has 0 saturated heterocycles. The summed E-state index contributed by atoms with van der Waals surface area (Å²) in [6.07, 6.45) is 2.61. The van der Waals surface area contributed by atoms with Gasteiger partial charge in [-0.1, -0.05) is 0 Å². The predicted octanol–water partition coefficient (Wildman–Crippen LogP) is 1.32. The van der Waals surface area contributed by atoms with Crippen molar-refractivity contribution in [2.45, 2.75) is 39.4 Å². The summed E-state index contributed by atoms with van der Waals surface area (Å²) in [5.74, 6) is -0.652. The van der Waals surface area contributed by atoms with E-state index in [1.54, 1.807) is 11.6 Å². The molecular formula is C16H22N6O2S. The van der Waals surface area contributed by atoms with Crippen molar-refractivity contribution in [1.29, 1.82) is 0 Å². The van der Waals surface area contributed by atoms with Crippen molar-refractivity contribution in [3.05, 3.63) is 29.0 Å². The van der Waals surface area contributed by atoms with E-state index in [1.807, 2.05) is 10.7 Å². The SMILES string of the molecule is CC(C)N1CCCn2nc(C(=O)NCC(=O)Nc3nccs3)cc2C1. The number of nitrogens with zero attached hydrogens (tertiary/aromatic N) is 4. The zero-order valence-electron chi connectivity index (χ0n) is 14.4. The molecule has 2 aromatic rings. The molecule has 1 aliphatic rings. The smallest absolute Gasteiger partial charge is 0.272 e. The molecule has 0 atom stereocenters. The van der Waals surface area contributed by atoms with Gasteiger partial charge >= 0.3 is 0 Å². The summed E-state index contributed by atoms with van der Waals surface area (Å²) in [6, 6.07) is 2.27. The van der Waals surface area contributed by atoms with E-state index in [0.29, 0.717) is 16.9 Å². The highest BCUT2D eigenvalue weighted by Gasteiger charge is 2.21. The number of carbonyl (C=O) groups is 2. The largest absolute Gasteiger partial charge is 0.342 e. The van der Waals surface area contributed by atoms with Gasteiger partial charge in [-0.3, -0.25) is 19.2 Å². The summed E-state index contributed by atoms with van der Waals surface area (Å²) in [7, 11) is 0. The van der Waals surface area contributed by atoms with Crippen molar-refractivity contribution in [3.8, 4) is 0 Å². The minimum atomic E-state index is -0.342. The lowest BCUT2D eigenvalue weighted by Gasteiger charge is -2.23. The molecule has 0 saturated carbocycles. The number of hydrogen-bond acceptors (Lipinski definition) is 6. The zero-order valence-corrected chi connectivity index (χ0v) is 15.2. The molecule has 0 aromatic carbocycles. The fraction of sp³-hybridized carbons (Fsp3) is 0.500. The van der Waals surface area contributed by atoms with E-state index in [0.717, 1.165) is 31.7 Å². The van der Waals surface area contributed by atoms with Crippen molar-refractivity contribution in [3.63, 3.8) is 0 Å². The number of carbonyl (C=O) groups excluding carboxylic acids is 2. The molecule has 3 heterocycles. The molecule has 1 aliphatic heterocycles. The summed E-state index contributed by atoms with van der Waals surface area (Å²) >= 11 is 1.33. The maximum atomic E-state index is 12.3. The molecular weight excluding hydrogens is 340 g/mol. The molecule has 134 valence electrons. The molecule has 0 bridgehead atoms. The maximum Gasteiger partial charge on any atom is 0.272 e. The number of rotatable bonds is 5. The Morgan fingerprint density at radius 3 is 2.92 bits per heavy atom. The Kier molecular flexibility index (Phi) is 5.44. The van der Waals surface area contributed by atoms with Crippen molar-refractivity contribution in [2.24, 2.45) is 0 Å². The highest BCUT2D eigenvalue weighted by atomic mass is 32.1. The normalized spacial score (nSPS) is 14.8. The third kappa shape index (κ3) is 4.43. The number of anilines is 1. The maximum absolute atomic E-state index is 12.3. The molecule has 25 heavy (non-hydrogen) atoms. The molecule has 2 N–H and O–H groups in total. The van der Waals surface area contributed by atoms with Crippen molar-refractivity contribution in [2.75, 3.05) is 18.4 Å². The van der Waals surface area contributed by atoms with E-state index in [4.69, 9.17) is 0 Å². The van der Waals surface area contributed by atoms with Gasteiger partial charge in [0.2, 0.25) is 5.91 Å². The Balaban J connectivity index is 1.58. The van der Waals surface area contributed by atoms with Crippen molar-refractivity contribution >= 4 is 28.3 Å². The summed E-state index contributed by atoms with van der Waals surface area (Å²) in [5.41, 5.74) is 1.38. The number of fused-ring (bicyclic) bond motifs is 1. The minimum absolute atomic E-state index is 0.112. The third-order valence-corrected chi connectivity index (χ3v) is 4.78. The molecule has 0 spiro atoms. The second-order valence-electron chi connectivity index (χ2n) is 6.23. The van der Waals surface area contributed by atoms with Crippen LogP contribution in [0.3, 0.4) is 0 Å². The zero-order chi connectivity index (χ0) is 17.8. The second-order valence-corrected chi connectivity index (χ2v) is 7.12. The Morgan fingerprint density at radius 1 is 1.36 bits per heavy atom. The van der Waals surface area contributed by atoms with E-state index in [9.17, 15) is 9.59 Å². The first-order valence-corrected chi connectivity index (χ1v) is 9.19. The Labute approximate surface area is 150 Å². The van der Waals surface area contributed by atoms with Crippen LogP contribution in [0.15, 0.2) is 17.6 Å². The molecule has 9 heteroatoms. The average molecular weight is 362 g/mol. The molecule has 0 aliphatic carbocycles. The molecule has 2 amide bonds. The lowest BCUT2D eigenvalue weighted by atomic mass is 10.2. The van der Waals surface area contributed by atoms with Crippen LogP contribution in [-0.2, 0) is 17.9 Å². The number of nitrogens with one attached hydrogen (secondary N) is 2. The highest BCUT2D eigenvalue weighted by Crippen LogP contribution is 2.16. The average Bonchev–Trinajstić information content (AvgIpc) is 3.18. The van der Waals surface area contributed by atoms with Gasteiger partial charge in [-0.25, -0.2) is 4.98 Å². The number of amides is 2. The number of aromatic nitrogens is 3. The molecule has 2 aromatic heterocycles. The molecule has 0 fully saturated rings. The Morgan fingerprint density at radius 2 is 2.20 bits per heavy atom. The van der Waals surface area contributed by atoms with E-state index < -0.39 is 0 Å². The fourth-order valence-corrected chi connectivity index (χ4v) is 3.28. The summed E-state index contributed by atoms with van der Waals surface area (Å²) in [5, 5.41) is 11.9. The summed E-state index contributed by atoms with van der Waals surface area (Å²) in [4.78, 5) is 30.4. The first kappa shape index (κ1) is 17.6. The van der Waals surface area contributed by atoms with Gasteiger partial charge in [0.25, 0.3) is 5.91 Å². The monoisotopic (exact) mass is 362 g/mol. The van der Waals surface area contributed by atoms with Crippen LogP contribution in [0.1, 0.15) is 36.5 Å². The number of aryl methyl sites for hydroxylation is 1. The minimum Gasteiger partial charge on any atom is -0.342 e. The van der Waals surface area contributed by atoms with E-state index in [2.05, 4.69) is 39.5 Å². The quantitative estimate of drug-likeness (QED) is 0.837. The first-order valence-electron chi connectivity index (χ1n) is 8.31. The standard InChI is InChI=1S/C16H22N6O2S/c1-11(2)21-5-3-6-22-12(10-21)8-13(20-22)15(24)18-9-14(23)19-16-17-4-7-25-16/h4,7-8,11H,3,5-6,9-10H2,1-2H3,(H,18,24)(H,17,19,23). The van der Waals surface area contributed by atoms with Gasteiger partial charge in [0.1, 0.15) is 0 Å². The van der Waals surface area contributed by atoms with Crippen LogP contribution in [0.4, 0.5) is 5.13 Å². The van der Waals surface area contributed by atoms with Gasteiger partial charge in [-0.05, 0) is 26.3 Å². The second kappa shape index (κ2) is 7.75. The van der Waals surface area contributed by atoms with Crippen LogP contribution >= 0.6 is 11.3 Å². The van der Waals surface area contributed by atoms with Gasteiger partial charge in [0.05, 0.1) is 12.2 Å². The van der Waals surface area contributed by atoms with E-state index >= 15 is 0 Å². The molecule has 3 rings (SSSR count). The lowest BCUT2D eigenvalue weighted by molar-refractivity contribution is -0.115. The summed E-state index contributed by atoms with van der Waals surface area (Å²) < 4.78 is 1.90. The van der Waals surface area contributed by atoms with Gasteiger partial charge in [-0.2, -0.15) is 5.10 Å². The van der Waals surface area contributed by atoms with Crippen molar-refractivity contribution in [1.82, 2.24) is 25.0 Å². The molecule has 0 unspecified atom stereocenters. The van der Waals surface area contributed by atoms with Crippen LogP contribution in [-0.4, -0.2) is 50.6 Å². The lowest BCUT2D eigenvalue weighted by Crippen LogP contribution is -2.33. The van der Waals surface area contributed by atoms with E-state index in [-0.39, 0.29) is 18.4 Å². The topological polar surface area (TPSA) is 92.2 Å². The van der Waals surface area contributed by atoms with Gasteiger partial charge in [0.15, 0.2) is 10.8 Å². The predicted molar refractivity (Wildman–Crippen MR) is 95.5 cm³/mol. The highest BCUT2D eigenvalue weighted by molar-refractivity contribution is 7.13. The third-order valence-electron chi connectivity index (χ3n) is 4.09. The Bertz CT molecular complexity index is 740. The molecule has 0 radical (unpaired) electrons. The number of thiazole rings is 1. The van der Waals surface area contributed by atoms with Crippen LogP contribution in [0.2, 0.25) is 0 Å². The van der Waals surface area contributed by atoms with Crippen LogP contribution in [0.25, 0.3) is 0 Å². The van der Waals surface area contributed by atoms with Gasteiger partial charge in [-0.15, -0.1) is 11.3 Å². The van der Waals surface area contributed by atoms with Crippen LogP contribution in [0.5, 0.6) is 0 Å². The van der Waals surface area contributed by atoms with Gasteiger partial charge < -0.3 is 10.6 Å². The fourth-order valence-electron chi connectivity index (χ4n) is 2.74. The van der Waals surface area contributed by atoms with Gasteiger partial charge in [0, 0.05) is 37.3 Å². The van der Waals surface area contributed by atoms with Crippen LogP contribution < -0.4 is 10.6 Å². The number of hydrogen-bond donors (Lipinski definition) is 2. The van der Waals surface area contributed by atoms with E-state index in [1.165, 1.54) is 11.3 Å². The Hall–Kier alpha value is -2.26. The molecule has 8 nitrogen and oxygen atoms in total. The van der Waals surface area contributed by atoms with Crippen molar-refractivity contribution < 1.29 is 9.59 Å². The summed E-state index contributed by atoms with van der Waals surface area (Å²) in [6.45, 7) is 6.83. The van der Waals surface area contributed by atoms with Crippen LogP contribution in [0, 0.1) is 0 Å². The first-order chi connectivity index (χ1) is 12.0.